The fourth-order valence-electron chi connectivity index (χ4n) is 1.78. The molecule has 1 aromatic heterocycles. The van der Waals surface area contributed by atoms with Crippen molar-refractivity contribution < 1.29 is 0 Å². The van der Waals surface area contributed by atoms with Crippen molar-refractivity contribution >= 4 is 0 Å². The molecule has 1 heterocycles. The first kappa shape index (κ1) is 7.84. The summed E-state index contributed by atoms with van der Waals surface area (Å²) in [5.41, 5.74) is 2.45. The van der Waals surface area contributed by atoms with Gasteiger partial charge in [0.1, 0.15) is 0 Å². The van der Waals surface area contributed by atoms with Crippen LogP contribution in [0.5, 0.6) is 0 Å². The molecule has 66 valence electrons. The van der Waals surface area contributed by atoms with Gasteiger partial charge in [0, 0.05) is 12.2 Å². The van der Waals surface area contributed by atoms with E-state index in [-0.39, 0.29) is 0 Å². The molecule has 2 nitrogen and oxygen atoms in total. The van der Waals surface area contributed by atoms with Crippen molar-refractivity contribution in [2.75, 3.05) is 0 Å². The van der Waals surface area contributed by atoms with Gasteiger partial charge in [0.25, 0.3) is 0 Å². The van der Waals surface area contributed by atoms with E-state index < -0.39 is 0 Å². The third-order valence-electron chi connectivity index (χ3n) is 2.76. The quantitative estimate of drug-likeness (QED) is 0.655. The summed E-state index contributed by atoms with van der Waals surface area (Å²) in [7, 11) is 0. The molecule has 1 aliphatic rings. The van der Waals surface area contributed by atoms with Crippen LogP contribution in [0.3, 0.4) is 0 Å². The largest absolute Gasteiger partial charge is 0.269 e. The van der Waals surface area contributed by atoms with Gasteiger partial charge >= 0.3 is 0 Å². The van der Waals surface area contributed by atoms with Crippen LogP contribution in [0.2, 0.25) is 0 Å². The van der Waals surface area contributed by atoms with Gasteiger partial charge in [-0.05, 0) is 38.7 Å². The summed E-state index contributed by atoms with van der Waals surface area (Å²) in [4.78, 5) is 0. The van der Waals surface area contributed by atoms with Crippen molar-refractivity contribution in [2.45, 2.75) is 39.7 Å². The summed E-state index contributed by atoms with van der Waals surface area (Å²) >= 11 is 0. The smallest absolute Gasteiger partial charge is 0.0596 e. The number of aromatic nitrogens is 2. The van der Waals surface area contributed by atoms with Crippen LogP contribution < -0.4 is 0 Å². The standard InChI is InChI=1S/C10H16N2/c1-8-6-9(2)12(11-8)7-10-4-3-5-10/h6,10H,3-5,7H2,1-2H3. The van der Waals surface area contributed by atoms with Crippen LogP contribution in [-0.2, 0) is 6.54 Å². The van der Waals surface area contributed by atoms with Gasteiger partial charge in [-0.3, -0.25) is 4.68 Å². The lowest BCUT2D eigenvalue weighted by Gasteiger charge is -2.25. The Morgan fingerprint density at radius 1 is 1.50 bits per heavy atom. The third-order valence-corrected chi connectivity index (χ3v) is 2.76. The van der Waals surface area contributed by atoms with Crippen molar-refractivity contribution in [3.8, 4) is 0 Å². The Kier molecular flexibility index (Phi) is 1.91. The van der Waals surface area contributed by atoms with E-state index in [2.05, 4.69) is 29.7 Å². The van der Waals surface area contributed by atoms with Crippen molar-refractivity contribution in [3.05, 3.63) is 17.5 Å². The molecule has 0 spiro atoms. The molecule has 1 aromatic rings. The van der Waals surface area contributed by atoms with Crippen LogP contribution in [0.25, 0.3) is 0 Å². The zero-order chi connectivity index (χ0) is 8.55. The lowest BCUT2D eigenvalue weighted by molar-refractivity contribution is 0.264. The van der Waals surface area contributed by atoms with Gasteiger partial charge in [-0.25, -0.2) is 0 Å². The van der Waals surface area contributed by atoms with Gasteiger partial charge in [-0.2, -0.15) is 5.10 Å². The average Bonchev–Trinajstić information content (AvgIpc) is 2.21. The second-order valence-electron chi connectivity index (χ2n) is 3.91. The Morgan fingerprint density at radius 2 is 2.25 bits per heavy atom. The Morgan fingerprint density at radius 3 is 2.67 bits per heavy atom. The minimum atomic E-state index is 0.906. The summed E-state index contributed by atoms with van der Waals surface area (Å²) in [6.07, 6.45) is 4.22. The van der Waals surface area contributed by atoms with Gasteiger partial charge in [-0.15, -0.1) is 0 Å². The maximum Gasteiger partial charge on any atom is 0.0596 e. The van der Waals surface area contributed by atoms with Crippen LogP contribution >= 0.6 is 0 Å². The SMILES string of the molecule is Cc1cc(C)n(CC2CCC2)n1. The molecule has 1 aliphatic carbocycles. The van der Waals surface area contributed by atoms with E-state index in [1.54, 1.807) is 0 Å². The summed E-state index contributed by atoms with van der Waals surface area (Å²) in [6, 6.07) is 2.15. The molecule has 0 unspecified atom stereocenters. The number of hydrogen-bond acceptors (Lipinski definition) is 1. The average molecular weight is 164 g/mol. The number of hydrogen-bond donors (Lipinski definition) is 0. The first-order chi connectivity index (χ1) is 5.75. The molecule has 0 saturated heterocycles. The van der Waals surface area contributed by atoms with E-state index in [0.29, 0.717) is 0 Å². The van der Waals surface area contributed by atoms with Gasteiger partial charge in [0.2, 0.25) is 0 Å². The number of rotatable bonds is 2. The first-order valence-corrected chi connectivity index (χ1v) is 4.77. The highest BCUT2D eigenvalue weighted by Gasteiger charge is 2.18. The lowest BCUT2D eigenvalue weighted by atomic mass is 9.85. The van der Waals surface area contributed by atoms with Gasteiger partial charge in [0.15, 0.2) is 0 Å². The van der Waals surface area contributed by atoms with Crippen LogP contribution in [-0.4, -0.2) is 9.78 Å². The Balaban J connectivity index is 2.05. The van der Waals surface area contributed by atoms with Crippen molar-refractivity contribution in [1.82, 2.24) is 9.78 Å². The zero-order valence-corrected chi connectivity index (χ0v) is 7.88. The molecule has 0 bridgehead atoms. The molecule has 1 fully saturated rings. The van der Waals surface area contributed by atoms with Crippen molar-refractivity contribution in [1.29, 1.82) is 0 Å². The predicted octanol–water partition coefficient (Wildman–Crippen LogP) is 2.30. The molecular weight excluding hydrogens is 148 g/mol. The van der Waals surface area contributed by atoms with Gasteiger partial charge in [-0.1, -0.05) is 6.42 Å². The molecular formula is C10H16N2. The molecule has 0 aromatic carbocycles. The fraction of sp³-hybridized carbons (Fsp3) is 0.700. The van der Waals surface area contributed by atoms with Crippen molar-refractivity contribution in [3.63, 3.8) is 0 Å². The minimum Gasteiger partial charge on any atom is -0.269 e. The van der Waals surface area contributed by atoms with E-state index in [4.69, 9.17) is 0 Å². The van der Waals surface area contributed by atoms with Crippen LogP contribution in [0.1, 0.15) is 30.7 Å². The molecule has 12 heavy (non-hydrogen) atoms. The highest BCUT2D eigenvalue weighted by molar-refractivity contribution is 5.06. The number of aryl methyl sites for hydroxylation is 2. The molecule has 2 rings (SSSR count). The Hall–Kier alpha value is -0.790. The molecule has 2 heteroatoms. The second kappa shape index (κ2) is 2.92. The number of nitrogens with zero attached hydrogens (tertiary/aromatic N) is 2. The topological polar surface area (TPSA) is 17.8 Å². The predicted molar refractivity (Wildman–Crippen MR) is 49.0 cm³/mol. The molecule has 0 aliphatic heterocycles. The molecule has 0 amide bonds. The van der Waals surface area contributed by atoms with Crippen molar-refractivity contribution in [2.24, 2.45) is 5.92 Å². The highest BCUT2D eigenvalue weighted by Crippen LogP contribution is 2.27. The zero-order valence-electron chi connectivity index (χ0n) is 7.88. The Bertz CT molecular complexity index is 271. The third kappa shape index (κ3) is 1.38. The van der Waals surface area contributed by atoms with Crippen LogP contribution in [0.15, 0.2) is 6.07 Å². The Labute approximate surface area is 73.6 Å². The molecule has 1 saturated carbocycles. The minimum absolute atomic E-state index is 0.906. The summed E-state index contributed by atoms with van der Waals surface area (Å²) in [5, 5.41) is 4.45. The maximum absolute atomic E-state index is 4.45. The second-order valence-corrected chi connectivity index (χ2v) is 3.91. The van der Waals surface area contributed by atoms with Crippen LogP contribution in [0.4, 0.5) is 0 Å². The molecule has 0 atom stereocenters. The summed E-state index contributed by atoms with van der Waals surface area (Å²) in [6.45, 7) is 5.34. The fourth-order valence-corrected chi connectivity index (χ4v) is 1.78. The molecule has 0 N–H and O–H groups in total. The monoisotopic (exact) mass is 164 g/mol. The van der Waals surface area contributed by atoms with Gasteiger partial charge in [0.05, 0.1) is 5.69 Å². The highest BCUT2D eigenvalue weighted by atomic mass is 15.3. The molecule has 0 radical (unpaired) electrons. The van der Waals surface area contributed by atoms with Gasteiger partial charge < -0.3 is 0 Å². The van der Waals surface area contributed by atoms with E-state index in [9.17, 15) is 0 Å². The first-order valence-electron chi connectivity index (χ1n) is 4.77. The lowest BCUT2D eigenvalue weighted by Crippen LogP contribution is -2.19. The van der Waals surface area contributed by atoms with E-state index >= 15 is 0 Å². The summed E-state index contributed by atoms with van der Waals surface area (Å²) in [5.74, 6) is 0.906. The van der Waals surface area contributed by atoms with E-state index in [1.807, 2.05) is 0 Å². The maximum atomic E-state index is 4.45. The summed E-state index contributed by atoms with van der Waals surface area (Å²) < 4.78 is 2.15. The normalized spacial score (nSPS) is 17.8. The van der Waals surface area contributed by atoms with Crippen LogP contribution in [0, 0.1) is 19.8 Å². The van der Waals surface area contributed by atoms with E-state index in [0.717, 1.165) is 18.2 Å². The van der Waals surface area contributed by atoms with E-state index in [1.165, 1.54) is 25.0 Å².